The number of carbonyl (C=O) groups excluding carboxylic acids is 3. The first-order valence-corrected chi connectivity index (χ1v) is 13.1. The third kappa shape index (κ3) is 4.99. The number of carbonyl (C=O) groups is 4. The second-order valence-electron chi connectivity index (χ2n) is 9.22. The summed E-state index contributed by atoms with van der Waals surface area (Å²) in [4.78, 5) is 56.7. The number of hydrogen-bond donors (Lipinski definition) is 6. The van der Waals surface area contributed by atoms with Gasteiger partial charge in [0.15, 0.2) is 5.54 Å². The minimum absolute atomic E-state index is 0.0380. The molecule has 202 valence electrons. The summed E-state index contributed by atoms with van der Waals surface area (Å²) in [5.74, 6) is -2.75. The Balaban J connectivity index is 1.83. The molecule has 38 heavy (non-hydrogen) atoms. The Morgan fingerprint density at radius 1 is 1.08 bits per heavy atom. The van der Waals surface area contributed by atoms with E-state index in [-0.39, 0.29) is 43.5 Å². The Labute approximate surface area is 223 Å². The van der Waals surface area contributed by atoms with Gasteiger partial charge in [-0.05, 0) is 30.5 Å². The van der Waals surface area contributed by atoms with Crippen LogP contribution in [0.1, 0.15) is 33.8 Å². The Morgan fingerprint density at radius 3 is 2.26 bits per heavy atom. The predicted molar refractivity (Wildman–Crippen MR) is 141 cm³/mol. The number of piperazine rings is 2. The van der Waals surface area contributed by atoms with E-state index in [4.69, 9.17) is 11.1 Å². The van der Waals surface area contributed by atoms with Gasteiger partial charge in [-0.25, -0.2) is 4.79 Å². The fourth-order valence-electron chi connectivity index (χ4n) is 5.17. The number of benzene rings is 1. The molecule has 2 fully saturated rings. The van der Waals surface area contributed by atoms with E-state index in [9.17, 15) is 24.3 Å². The van der Waals surface area contributed by atoms with Gasteiger partial charge in [0, 0.05) is 42.2 Å². The van der Waals surface area contributed by atoms with Crippen molar-refractivity contribution in [3.63, 3.8) is 0 Å². The van der Waals surface area contributed by atoms with Crippen molar-refractivity contribution in [2.24, 2.45) is 5.73 Å². The average molecular weight is 542 g/mol. The summed E-state index contributed by atoms with van der Waals surface area (Å²) in [5, 5.41) is 29.1. The number of amidine groups is 1. The molecular weight excluding hydrogens is 510 g/mol. The zero-order valence-corrected chi connectivity index (χ0v) is 21.7. The summed E-state index contributed by atoms with van der Waals surface area (Å²) >= 11 is 1.30. The Bertz CT molecular complexity index is 1220. The first kappa shape index (κ1) is 27.2. The SMILES string of the molecule is CC(NC(=O)c1ccc(C(=N)N)cc1)C(C(=O)O)(C(c1cccs1)N1CCNCC1=O)N1CCNCC1=O. The zero-order chi connectivity index (χ0) is 27.4. The second kappa shape index (κ2) is 11.3. The van der Waals surface area contributed by atoms with Gasteiger partial charge in [0.05, 0.1) is 19.1 Å². The van der Waals surface area contributed by atoms with E-state index in [1.165, 1.54) is 45.4 Å². The molecule has 2 aliphatic rings. The van der Waals surface area contributed by atoms with Crippen molar-refractivity contribution in [2.75, 3.05) is 39.3 Å². The van der Waals surface area contributed by atoms with Gasteiger partial charge in [-0.3, -0.25) is 19.8 Å². The summed E-state index contributed by atoms with van der Waals surface area (Å²) in [6, 6.07) is 7.40. The molecule has 1 aromatic heterocycles. The van der Waals surface area contributed by atoms with Gasteiger partial charge >= 0.3 is 5.97 Å². The molecule has 0 aliphatic carbocycles. The van der Waals surface area contributed by atoms with Gasteiger partial charge in [-0.2, -0.15) is 0 Å². The Morgan fingerprint density at radius 2 is 1.71 bits per heavy atom. The van der Waals surface area contributed by atoms with Crippen molar-refractivity contribution >= 4 is 40.9 Å². The molecule has 13 heteroatoms. The van der Waals surface area contributed by atoms with E-state index in [2.05, 4.69) is 16.0 Å². The fourth-order valence-corrected chi connectivity index (χ4v) is 6.08. The molecule has 0 saturated carbocycles. The predicted octanol–water partition coefficient (Wildman–Crippen LogP) is -0.421. The van der Waals surface area contributed by atoms with E-state index in [1.807, 2.05) is 0 Å². The van der Waals surface area contributed by atoms with Crippen LogP contribution in [0, 0.1) is 5.41 Å². The van der Waals surface area contributed by atoms with Gasteiger partial charge in [-0.1, -0.05) is 18.2 Å². The van der Waals surface area contributed by atoms with Crippen molar-refractivity contribution in [3.05, 3.63) is 57.8 Å². The Hall–Kier alpha value is -3.81. The molecule has 2 aliphatic heterocycles. The maximum Gasteiger partial charge on any atom is 0.334 e. The van der Waals surface area contributed by atoms with Crippen molar-refractivity contribution in [2.45, 2.75) is 24.5 Å². The standard InChI is InChI=1S/C25H31N7O5S/c1-15(30-23(35)17-6-4-16(5-7-17)22(26)27)25(24(36)37,32-11-9-29-14-20(32)34)21(18-3-2-12-38-18)31-10-8-28-13-19(31)33/h2-7,12,15,21,28-29H,8-11,13-14H2,1H3,(H3,26,27)(H,30,35)(H,36,37). The first-order chi connectivity index (χ1) is 18.2. The van der Waals surface area contributed by atoms with E-state index in [1.54, 1.807) is 24.4 Å². The van der Waals surface area contributed by atoms with E-state index >= 15 is 0 Å². The topological polar surface area (TPSA) is 181 Å². The molecular formula is C25H31N7O5S. The molecule has 2 aromatic rings. The maximum atomic E-state index is 13.5. The van der Waals surface area contributed by atoms with Crippen LogP contribution < -0.4 is 21.7 Å². The first-order valence-electron chi connectivity index (χ1n) is 12.2. The molecule has 0 bridgehead atoms. The largest absolute Gasteiger partial charge is 0.479 e. The van der Waals surface area contributed by atoms with E-state index in [0.29, 0.717) is 23.5 Å². The van der Waals surface area contributed by atoms with Crippen molar-refractivity contribution in [1.29, 1.82) is 5.41 Å². The molecule has 3 amide bonds. The summed E-state index contributed by atoms with van der Waals surface area (Å²) in [7, 11) is 0. The lowest BCUT2D eigenvalue weighted by molar-refractivity contribution is -0.172. The number of carboxylic acid groups (broad SMARTS) is 1. The Kier molecular flexibility index (Phi) is 8.09. The molecule has 3 heterocycles. The molecule has 0 spiro atoms. The van der Waals surface area contributed by atoms with Crippen molar-refractivity contribution < 1.29 is 24.3 Å². The van der Waals surface area contributed by atoms with Crippen LogP contribution in [0.4, 0.5) is 0 Å². The van der Waals surface area contributed by atoms with Crippen LogP contribution >= 0.6 is 11.3 Å². The molecule has 1 aromatic carbocycles. The van der Waals surface area contributed by atoms with Gasteiger partial charge in [0.2, 0.25) is 11.8 Å². The number of thiophene rings is 1. The van der Waals surface area contributed by atoms with Crippen LogP contribution in [0.25, 0.3) is 0 Å². The summed E-state index contributed by atoms with van der Waals surface area (Å²) in [5.41, 5.74) is 4.18. The summed E-state index contributed by atoms with van der Waals surface area (Å²) in [6.45, 7) is 2.68. The molecule has 2 saturated heterocycles. The van der Waals surface area contributed by atoms with Crippen molar-refractivity contribution in [1.82, 2.24) is 25.8 Å². The molecule has 3 unspecified atom stereocenters. The maximum absolute atomic E-state index is 13.5. The highest BCUT2D eigenvalue weighted by Crippen LogP contribution is 2.42. The second-order valence-corrected chi connectivity index (χ2v) is 10.2. The quantitative estimate of drug-likeness (QED) is 0.183. The molecule has 12 nitrogen and oxygen atoms in total. The third-order valence-electron chi connectivity index (χ3n) is 7.01. The monoisotopic (exact) mass is 541 g/mol. The number of carboxylic acids is 1. The minimum Gasteiger partial charge on any atom is -0.479 e. The van der Waals surface area contributed by atoms with Gasteiger partial charge in [0.25, 0.3) is 5.91 Å². The highest BCUT2D eigenvalue weighted by molar-refractivity contribution is 7.10. The third-order valence-corrected chi connectivity index (χ3v) is 7.94. The molecule has 4 rings (SSSR count). The smallest absolute Gasteiger partial charge is 0.334 e. The van der Waals surface area contributed by atoms with Crippen molar-refractivity contribution in [3.8, 4) is 0 Å². The summed E-state index contributed by atoms with van der Waals surface area (Å²) < 4.78 is 0. The van der Waals surface area contributed by atoms with Crippen LogP contribution in [-0.2, 0) is 14.4 Å². The number of nitrogens with zero attached hydrogens (tertiary/aromatic N) is 2. The highest BCUT2D eigenvalue weighted by Gasteiger charge is 2.60. The molecule has 0 radical (unpaired) electrons. The fraction of sp³-hybridized carbons (Fsp3) is 0.400. The van der Waals surface area contributed by atoms with Gasteiger partial charge in [0.1, 0.15) is 11.9 Å². The molecule has 3 atom stereocenters. The van der Waals surface area contributed by atoms with Crippen LogP contribution in [0.15, 0.2) is 41.8 Å². The average Bonchev–Trinajstić information content (AvgIpc) is 3.42. The zero-order valence-electron chi connectivity index (χ0n) is 20.9. The number of hydrogen-bond acceptors (Lipinski definition) is 8. The van der Waals surface area contributed by atoms with Crippen LogP contribution in [0.5, 0.6) is 0 Å². The minimum atomic E-state index is -2.01. The van der Waals surface area contributed by atoms with Gasteiger partial charge in [-0.15, -0.1) is 11.3 Å². The van der Waals surface area contributed by atoms with Gasteiger partial charge < -0.3 is 36.6 Å². The van der Waals surface area contributed by atoms with E-state index in [0.717, 1.165) is 0 Å². The molecule has 7 N–H and O–H groups in total. The lowest BCUT2D eigenvalue weighted by Crippen LogP contribution is -2.75. The lowest BCUT2D eigenvalue weighted by atomic mass is 9.78. The van der Waals surface area contributed by atoms with E-state index < -0.39 is 35.4 Å². The highest BCUT2D eigenvalue weighted by atomic mass is 32.1. The summed E-state index contributed by atoms with van der Waals surface area (Å²) in [6.07, 6.45) is 0. The van der Waals surface area contributed by atoms with Crippen LogP contribution in [0.3, 0.4) is 0 Å². The number of nitrogens with two attached hydrogens (primary N) is 1. The normalized spacial score (nSPS) is 19.4. The van der Waals surface area contributed by atoms with Crippen LogP contribution in [0.2, 0.25) is 0 Å². The van der Waals surface area contributed by atoms with Crippen LogP contribution in [-0.4, -0.2) is 95.3 Å². The number of amides is 3. The number of rotatable bonds is 9. The lowest BCUT2D eigenvalue weighted by Gasteiger charge is -2.53. The number of aliphatic carboxylic acids is 1. The number of nitrogens with one attached hydrogen (secondary N) is 4. The number of nitrogen functional groups attached to an aromatic ring is 1.